The van der Waals surface area contributed by atoms with E-state index in [0.29, 0.717) is 18.9 Å². The third kappa shape index (κ3) is 4.03. The van der Waals surface area contributed by atoms with Gasteiger partial charge in [0, 0.05) is 13.6 Å². The van der Waals surface area contributed by atoms with Crippen molar-refractivity contribution in [2.24, 2.45) is 5.84 Å². The van der Waals surface area contributed by atoms with Crippen molar-refractivity contribution in [1.29, 1.82) is 5.26 Å². The first-order chi connectivity index (χ1) is 8.56. The van der Waals surface area contributed by atoms with E-state index in [9.17, 15) is 0 Å². The molecule has 1 aromatic heterocycles. The van der Waals surface area contributed by atoms with Crippen molar-refractivity contribution in [3.05, 3.63) is 0 Å². The van der Waals surface area contributed by atoms with Crippen molar-refractivity contribution in [2.45, 2.75) is 26.4 Å². The second-order valence-corrected chi connectivity index (χ2v) is 3.88. The van der Waals surface area contributed by atoms with E-state index in [-0.39, 0.29) is 18.1 Å². The second-order valence-electron chi connectivity index (χ2n) is 3.88. The number of nitrogens with zero attached hydrogens (tertiary/aromatic N) is 5. The highest BCUT2D eigenvalue weighted by molar-refractivity contribution is 5.37. The zero-order valence-corrected chi connectivity index (χ0v) is 10.7. The lowest BCUT2D eigenvalue weighted by Gasteiger charge is -2.17. The highest BCUT2D eigenvalue weighted by atomic mass is 16.5. The lowest BCUT2D eigenvalue weighted by molar-refractivity contribution is 0.222. The molecule has 0 aliphatic carbocycles. The van der Waals surface area contributed by atoms with Crippen LogP contribution in [-0.4, -0.2) is 34.6 Å². The molecule has 0 saturated carbocycles. The van der Waals surface area contributed by atoms with Gasteiger partial charge >= 0.3 is 6.01 Å². The Balaban J connectivity index is 2.93. The van der Waals surface area contributed by atoms with Crippen molar-refractivity contribution in [2.75, 3.05) is 23.9 Å². The van der Waals surface area contributed by atoms with Crippen LogP contribution in [0.25, 0.3) is 0 Å². The first-order valence-corrected chi connectivity index (χ1v) is 5.54. The summed E-state index contributed by atoms with van der Waals surface area (Å²) in [4.78, 5) is 14.0. The standard InChI is InChI=1S/C10H17N7O/c1-7(2)18-10-14-8(16-12)13-9(15-10)17(3)6-4-5-11/h7H,4,6,12H2,1-3H3,(H,13,14,15,16). The minimum absolute atomic E-state index is 0.0460. The van der Waals surface area contributed by atoms with E-state index in [1.165, 1.54) is 0 Å². The minimum atomic E-state index is -0.0460. The summed E-state index contributed by atoms with van der Waals surface area (Å²) >= 11 is 0. The van der Waals surface area contributed by atoms with Gasteiger partial charge in [-0.2, -0.15) is 20.2 Å². The first kappa shape index (κ1) is 13.9. The lowest BCUT2D eigenvalue weighted by atomic mass is 10.4. The van der Waals surface area contributed by atoms with Crippen molar-refractivity contribution < 1.29 is 4.74 Å². The van der Waals surface area contributed by atoms with Crippen LogP contribution in [0.1, 0.15) is 20.3 Å². The fourth-order valence-corrected chi connectivity index (χ4v) is 1.16. The number of nitriles is 1. The van der Waals surface area contributed by atoms with Gasteiger partial charge in [-0.15, -0.1) is 0 Å². The third-order valence-corrected chi connectivity index (χ3v) is 1.97. The zero-order chi connectivity index (χ0) is 13.5. The Morgan fingerprint density at radius 2 is 2.17 bits per heavy atom. The number of anilines is 2. The lowest BCUT2D eigenvalue weighted by Crippen LogP contribution is -2.23. The van der Waals surface area contributed by atoms with Gasteiger partial charge in [-0.3, -0.25) is 5.43 Å². The highest BCUT2D eigenvalue weighted by Crippen LogP contribution is 2.14. The average Bonchev–Trinajstić information content (AvgIpc) is 2.34. The van der Waals surface area contributed by atoms with Crippen LogP contribution < -0.4 is 20.9 Å². The van der Waals surface area contributed by atoms with Gasteiger partial charge in [0.2, 0.25) is 11.9 Å². The van der Waals surface area contributed by atoms with Gasteiger partial charge in [0.25, 0.3) is 0 Å². The molecule has 8 heteroatoms. The van der Waals surface area contributed by atoms with Crippen LogP contribution >= 0.6 is 0 Å². The molecule has 1 aromatic rings. The van der Waals surface area contributed by atoms with Crippen LogP contribution in [-0.2, 0) is 0 Å². The molecule has 0 spiro atoms. The number of nitrogens with one attached hydrogen (secondary N) is 1. The van der Waals surface area contributed by atoms with E-state index in [2.05, 4.69) is 26.4 Å². The van der Waals surface area contributed by atoms with E-state index in [1.54, 1.807) is 11.9 Å². The maximum absolute atomic E-state index is 8.55. The first-order valence-electron chi connectivity index (χ1n) is 5.54. The monoisotopic (exact) mass is 251 g/mol. The number of hydrogen-bond acceptors (Lipinski definition) is 8. The quantitative estimate of drug-likeness (QED) is 0.548. The van der Waals surface area contributed by atoms with Gasteiger partial charge in [0.1, 0.15) is 0 Å². The topological polar surface area (TPSA) is 113 Å². The Hall–Kier alpha value is -2.14. The number of nitrogen functional groups attached to an aromatic ring is 1. The summed E-state index contributed by atoms with van der Waals surface area (Å²) in [5.41, 5.74) is 2.36. The zero-order valence-electron chi connectivity index (χ0n) is 10.7. The van der Waals surface area contributed by atoms with E-state index < -0.39 is 0 Å². The van der Waals surface area contributed by atoms with Crippen molar-refractivity contribution in [3.8, 4) is 12.1 Å². The fourth-order valence-electron chi connectivity index (χ4n) is 1.16. The Kier molecular flexibility index (Phi) is 5.07. The van der Waals surface area contributed by atoms with Gasteiger partial charge in [-0.1, -0.05) is 0 Å². The molecule has 0 aromatic carbocycles. The van der Waals surface area contributed by atoms with Crippen LogP contribution in [0.5, 0.6) is 6.01 Å². The number of rotatable bonds is 6. The molecular weight excluding hydrogens is 234 g/mol. The Morgan fingerprint density at radius 3 is 2.72 bits per heavy atom. The maximum atomic E-state index is 8.55. The molecule has 1 heterocycles. The number of aromatic nitrogens is 3. The molecule has 0 saturated heterocycles. The Morgan fingerprint density at radius 1 is 1.44 bits per heavy atom. The molecule has 98 valence electrons. The molecule has 8 nitrogen and oxygen atoms in total. The summed E-state index contributed by atoms with van der Waals surface area (Å²) in [7, 11) is 1.78. The highest BCUT2D eigenvalue weighted by Gasteiger charge is 2.11. The van der Waals surface area contributed by atoms with E-state index >= 15 is 0 Å². The Bertz CT molecular complexity index is 429. The molecule has 0 radical (unpaired) electrons. The average molecular weight is 251 g/mol. The van der Waals surface area contributed by atoms with Crippen molar-refractivity contribution in [1.82, 2.24) is 15.0 Å². The summed E-state index contributed by atoms with van der Waals surface area (Å²) in [6.45, 7) is 4.27. The summed E-state index contributed by atoms with van der Waals surface area (Å²) in [6.07, 6.45) is 0.337. The van der Waals surface area contributed by atoms with E-state index in [1.807, 2.05) is 13.8 Å². The summed E-state index contributed by atoms with van der Waals surface area (Å²) < 4.78 is 5.40. The van der Waals surface area contributed by atoms with Gasteiger partial charge < -0.3 is 9.64 Å². The van der Waals surface area contributed by atoms with Gasteiger partial charge in [-0.05, 0) is 13.8 Å². The van der Waals surface area contributed by atoms with Gasteiger partial charge in [0.05, 0.1) is 18.6 Å². The smallest absolute Gasteiger partial charge is 0.323 e. The van der Waals surface area contributed by atoms with Gasteiger partial charge in [0.15, 0.2) is 0 Å². The molecule has 0 atom stereocenters. The number of nitrogens with two attached hydrogens (primary N) is 1. The van der Waals surface area contributed by atoms with Crippen LogP contribution in [0.15, 0.2) is 0 Å². The Labute approximate surface area is 106 Å². The molecule has 0 aliphatic rings. The number of ether oxygens (including phenoxy) is 1. The summed E-state index contributed by atoms with van der Waals surface area (Å²) in [5.74, 6) is 5.92. The van der Waals surface area contributed by atoms with Crippen molar-refractivity contribution in [3.63, 3.8) is 0 Å². The number of hydrazine groups is 1. The van der Waals surface area contributed by atoms with Crippen LogP contribution in [0, 0.1) is 11.3 Å². The molecule has 0 aliphatic heterocycles. The molecule has 18 heavy (non-hydrogen) atoms. The number of hydrogen-bond donors (Lipinski definition) is 2. The van der Waals surface area contributed by atoms with E-state index in [4.69, 9.17) is 15.8 Å². The SMILES string of the molecule is CC(C)Oc1nc(NN)nc(N(C)CCC#N)n1. The molecule has 3 N–H and O–H groups in total. The summed E-state index contributed by atoms with van der Waals surface area (Å²) in [6, 6.07) is 2.26. The van der Waals surface area contributed by atoms with Crippen molar-refractivity contribution >= 4 is 11.9 Å². The van der Waals surface area contributed by atoms with Crippen LogP contribution in [0.3, 0.4) is 0 Å². The summed E-state index contributed by atoms with van der Waals surface area (Å²) in [5, 5.41) is 8.55. The molecule has 0 unspecified atom stereocenters. The minimum Gasteiger partial charge on any atom is -0.461 e. The van der Waals surface area contributed by atoms with Crippen LogP contribution in [0.4, 0.5) is 11.9 Å². The van der Waals surface area contributed by atoms with E-state index in [0.717, 1.165) is 0 Å². The molecule has 1 rings (SSSR count). The maximum Gasteiger partial charge on any atom is 0.323 e. The second kappa shape index (κ2) is 6.56. The molecule has 0 amide bonds. The predicted molar refractivity (Wildman–Crippen MR) is 66.9 cm³/mol. The van der Waals surface area contributed by atoms with Crippen LogP contribution in [0.2, 0.25) is 0 Å². The predicted octanol–water partition coefficient (Wildman–Crippen LogP) is 0.294. The molecule has 0 fully saturated rings. The largest absolute Gasteiger partial charge is 0.461 e. The van der Waals surface area contributed by atoms with Gasteiger partial charge in [-0.25, -0.2) is 5.84 Å². The molecular formula is C10H17N7O. The third-order valence-electron chi connectivity index (χ3n) is 1.97. The normalized spacial score (nSPS) is 10.0. The fraction of sp³-hybridized carbons (Fsp3) is 0.600. The molecule has 0 bridgehead atoms.